The summed E-state index contributed by atoms with van der Waals surface area (Å²) in [5.74, 6) is -2.65. The summed E-state index contributed by atoms with van der Waals surface area (Å²) in [4.78, 5) is 28.8. The topological polar surface area (TPSA) is 139 Å². The summed E-state index contributed by atoms with van der Waals surface area (Å²) in [6, 6.07) is 26.1. The molecule has 0 unspecified atom stereocenters. The van der Waals surface area contributed by atoms with Crippen LogP contribution in [0.5, 0.6) is 5.75 Å². The van der Waals surface area contributed by atoms with E-state index >= 15 is 0 Å². The Morgan fingerprint density at radius 2 is 1.66 bits per heavy atom. The maximum Gasteiger partial charge on any atom is 0.335 e. The summed E-state index contributed by atoms with van der Waals surface area (Å²) in [5, 5.41) is 20.8. The summed E-state index contributed by atoms with van der Waals surface area (Å²) in [6.45, 7) is 0.554. The molecule has 0 saturated heterocycles. The van der Waals surface area contributed by atoms with Crippen molar-refractivity contribution in [2.24, 2.45) is 0 Å². The van der Waals surface area contributed by atoms with Crippen LogP contribution < -0.4 is 4.74 Å². The molecule has 4 aromatic carbocycles. The van der Waals surface area contributed by atoms with Crippen LogP contribution in [0, 0.1) is 0 Å². The number of halogens is 1. The highest BCUT2D eigenvalue weighted by Crippen LogP contribution is 2.58. The predicted molar refractivity (Wildman–Crippen MR) is 175 cm³/mol. The maximum absolute atomic E-state index is 14.4. The normalized spacial score (nSPS) is 17.4. The zero-order valence-electron chi connectivity index (χ0n) is 24.9. The van der Waals surface area contributed by atoms with Crippen LogP contribution in [0.25, 0.3) is 11.1 Å². The van der Waals surface area contributed by atoms with Gasteiger partial charge in [0.25, 0.3) is 0 Å². The molecule has 0 amide bonds. The van der Waals surface area contributed by atoms with E-state index in [4.69, 9.17) is 16.3 Å². The largest absolute Gasteiger partial charge is 0.492 e. The van der Waals surface area contributed by atoms with Crippen molar-refractivity contribution < 1.29 is 33.0 Å². The average molecular weight is 672 g/mol. The van der Waals surface area contributed by atoms with Crippen LogP contribution in [-0.2, 0) is 27.9 Å². The first-order valence-corrected chi connectivity index (χ1v) is 16.5. The van der Waals surface area contributed by atoms with E-state index in [0.717, 1.165) is 15.4 Å². The molecule has 2 atom stereocenters. The number of benzene rings is 4. The predicted octanol–water partition coefficient (Wildman–Crippen LogP) is 6.18. The lowest BCUT2D eigenvalue weighted by Gasteiger charge is -2.30. The van der Waals surface area contributed by atoms with Gasteiger partial charge in [0.15, 0.2) is 0 Å². The summed E-state index contributed by atoms with van der Waals surface area (Å²) in [5.41, 5.74) is 0.673. The highest BCUT2D eigenvalue weighted by molar-refractivity contribution is 7.89. The van der Waals surface area contributed by atoms with Gasteiger partial charge in [-0.15, -0.1) is 0 Å². The van der Waals surface area contributed by atoms with E-state index < -0.39 is 33.4 Å². The van der Waals surface area contributed by atoms with Gasteiger partial charge in [-0.3, -0.25) is 4.79 Å². The summed E-state index contributed by atoms with van der Waals surface area (Å²) in [6.07, 6.45) is 5.18. The summed E-state index contributed by atoms with van der Waals surface area (Å²) >= 11 is 6.02. The number of carboxylic acid groups (broad SMARTS) is 2. The third-order valence-corrected chi connectivity index (χ3v) is 10.5. The van der Waals surface area contributed by atoms with Crippen LogP contribution in [0.4, 0.5) is 0 Å². The molecule has 0 bridgehead atoms. The van der Waals surface area contributed by atoms with Gasteiger partial charge in [0.05, 0.1) is 23.3 Å². The third-order valence-electron chi connectivity index (χ3n) is 8.30. The quantitative estimate of drug-likeness (QED) is 0.151. The summed E-state index contributed by atoms with van der Waals surface area (Å²) in [7, 11) is -4.42. The molecule has 0 aliphatic heterocycles. The SMILES string of the molecule is O=C(O)c1cccc(CN([C@]2(C(=O)O)C[C@@H]2c2cccc(OCCn3ccnc3)c2)S(=O)(=O)c2ccc(-c3ccc(Cl)cc3)cc2)c1. The molecular weight excluding hydrogens is 642 g/mol. The van der Waals surface area contributed by atoms with Gasteiger partial charge in [0.2, 0.25) is 10.0 Å². The molecule has 47 heavy (non-hydrogen) atoms. The fourth-order valence-electron chi connectivity index (χ4n) is 5.77. The second-order valence-corrected chi connectivity index (χ2v) is 13.6. The van der Waals surface area contributed by atoms with Crippen molar-refractivity contribution >= 4 is 33.6 Å². The minimum atomic E-state index is -4.42. The Bertz CT molecular complexity index is 2020. The smallest absolute Gasteiger partial charge is 0.335 e. The van der Waals surface area contributed by atoms with E-state index in [9.17, 15) is 28.2 Å². The molecule has 0 spiro atoms. The molecule has 5 aromatic rings. The average Bonchev–Trinajstić information content (AvgIpc) is 3.62. The monoisotopic (exact) mass is 671 g/mol. The summed E-state index contributed by atoms with van der Waals surface area (Å²) < 4.78 is 37.6. The number of ether oxygens (including phenoxy) is 1. The Balaban J connectivity index is 1.34. The fourth-order valence-corrected chi connectivity index (χ4v) is 7.66. The van der Waals surface area contributed by atoms with Gasteiger partial charge in [-0.2, -0.15) is 4.31 Å². The van der Waals surface area contributed by atoms with E-state index in [2.05, 4.69) is 4.98 Å². The molecule has 12 heteroatoms. The van der Waals surface area contributed by atoms with Gasteiger partial charge >= 0.3 is 11.9 Å². The van der Waals surface area contributed by atoms with Crippen LogP contribution in [-0.4, -0.2) is 56.6 Å². The third kappa shape index (κ3) is 6.64. The molecule has 1 aliphatic carbocycles. The lowest BCUT2D eigenvalue weighted by atomic mass is 10.0. The molecule has 1 aromatic heterocycles. The zero-order valence-corrected chi connectivity index (χ0v) is 26.5. The molecule has 1 saturated carbocycles. The molecule has 6 rings (SSSR count). The van der Waals surface area contributed by atoms with Crippen LogP contribution in [0.2, 0.25) is 5.02 Å². The van der Waals surface area contributed by atoms with Crippen LogP contribution in [0.3, 0.4) is 0 Å². The number of imidazole rings is 1. The van der Waals surface area contributed by atoms with Gasteiger partial charge in [0, 0.05) is 29.9 Å². The van der Waals surface area contributed by atoms with Crippen molar-refractivity contribution in [1.29, 1.82) is 0 Å². The number of carbonyl (C=O) groups is 2. The highest BCUT2D eigenvalue weighted by atomic mass is 35.5. The number of hydrogen-bond acceptors (Lipinski definition) is 6. The Morgan fingerprint density at radius 3 is 2.32 bits per heavy atom. The Labute approximate surface area is 276 Å². The van der Waals surface area contributed by atoms with Crippen molar-refractivity contribution in [1.82, 2.24) is 13.9 Å². The van der Waals surface area contributed by atoms with E-state index in [-0.39, 0.29) is 23.4 Å². The number of aliphatic carboxylic acids is 1. The second-order valence-electron chi connectivity index (χ2n) is 11.3. The first-order chi connectivity index (χ1) is 22.6. The number of hydrogen-bond donors (Lipinski definition) is 2. The Kier molecular flexibility index (Phi) is 8.87. The van der Waals surface area contributed by atoms with Crippen molar-refractivity contribution in [2.75, 3.05) is 6.61 Å². The molecule has 240 valence electrons. The molecule has 1 heterocycles. The molecular formula is C35H30ClN3O7S. The van der Waals surface area contributed by atoms with E-state index in [1.165, 1.54) is 30.3 Å². The van der Waals surface area contributed by atoms with Gasteiger partial charge in [-0.25, -0.2) is 18.2 Å². The van der Waals surface area contributed by atoms with Crippen LogP contribution in [0.15, 0.2) is 121 Å². The first kappa shape index (κ1) is 32.0. The fraction of sp³-hybridized carbons (Fsp3) is 0.171. The minimum absolute atomic E-state index is 0.0154. The van der Waals surface area contributed by atoms with Crippen molar-refractivity contribution in [2.45, 2.75) is 35.9 Å². The number of aromatic carboxylic acids is 1. The minimum Gasteiger partial charge on any atom is -0.492 e. The molecule has 0 radical (unpaired) electrons. The van der Waals surface area contributed by atoms with Crippen LogP contribution in [0.1, 0.15) is 33.8 Å². The zero-order chi connectivity index (χ0) is 33.2. The van der Waals surface area contributed by atoms with E-state index in [1.54, 1.807) is 67.1 Å². The Hall–Kier alpha value is -4.97. The van der Waals surface area contributed by atoms with Gasteiger partial charge in [0.1, 0.15) is 17.9 Å². The molecule has 2 N–H and O–H groups in total. The number of carboxylic acids is 2. The van der Waals surface area contributed by atoms with E-state index in [1.807, 2.05) is 22.9 Å². The Morgan fingerprint density at radius 1 is 0.957 bits per heavy atom. The van der Waals surface area contributed by atoms with E-state index in [0.29, 0.717) is 35.1 Å². The van der Waals surface area contributed by atoms with Crippen molar-refractivity contribution in [3.05, 3.63) is 137 Å². The van der Waals surface area contributed by atoms with Gasteiger partial charge in [-0.05, 0) is 77.2 Å². The standard InChI is InChI=1S/C35H30ClN3O7S/c36-29-11-7-25(8-12-29)26-9-13-31(14-10-26)47(44,45)39(22-24-3-1-5-28(19-24)33(40)41)35(34(42)43)21-32(35)27-4-2-6-30(20-27)46-18-17-38-16-15-37-23-38/h1-16,19-20,23,32H,17-18,21-22H2,(H,40,41)(H,42,43)/t32-,35-/m1/s1. The number of nitrogens with zero attached hydrogens (tertiary/aromatic N) is 3. The first-order valence-electron chi connectivity index (χ1n) is 14.7. The van der Waals surface area contributed by atoms with Crippen LogP contribution >= 0.6 is 11.6 Å². The number of rotatable bonds is 13. The molecule has 1 aliphatic rings. The highest BCUT2D eigenvalue weighted by Gasteiger charge is 2.68. The lowest BCUT2D eigenvalue weighted by molar-refractivity contribution is -0.143. The maximum atomic E-state index is 14.4. The lowest BCUT2D eigenvalue weighted by Crippen LogP contribution is -2.48. The number of aromatic nitrogens is 2. The van der Waals surface area contributed by atoms with Gasteiger partial charge < -0.3 is 19.5 Å². The van der Waals surface area contributed by atoms with Crippen molar-refractivity contribution in [3.8, 4) is 16.9 Å². The second kappa shape index (κ2) is 13.0. The molecule has 10 nitrogen and oxygen atoms in total. The van der Waals surface area contributed by atoms with Crippen molar-refractivity contribution in [3.63, 3.8) is 0 Å². The van der Waals surface area contributed by atoms with Gasteiger partial charge in [-0.1, -0.05) is 60.1 Å². The number of sulfonamides is 1. The molecule has 1 fully saturated rings.